The monoisotopic (exact) mass is 290 g/mol. The molecule has 5 heteroatoms. The van der Waals surface area contributed by atoms with Crippen LogP contribution in [0, 0.1) is 0 Å². The minimum absolute atomic E-state index is 0.292. The second-order valence-corrected chi connectivity index (χ2v) is 6.90. The van der Waals surface area contributed by atoms with Gasteiger partial charge in [-0.15, -0.1) is 0 Å². The highest BCUT2D eigenvalue weighted by atomic mass is 16.3. The van der Waals surface area contributed by atoms with Crippen molar-refractivity contribution in [2.45, 2.75) is 50.3 Å². The molecule has 4 aliphatic rings. The molecule has 3 saturated heterocycles. The third-order valence-corrected chi connectivity index (χ3v) is 5.55. The number of aliphatic hydroxyl groups excluding tert-OH is 1. The van der Waals surface area contributed by atoms with Gasteiger partial charge in [0, 0.05) is 51.4 Å². The molecule has 1 saturated carbocycles. The summed E-state index contributed by atoms with van der Waals surface area (Å²) in [4.78, 5) is 4.93. The van der Waals surface area contributed by atoms with Crippen LogP contribution in [0.25, 0.3) is 0 Å². The van der Waals surface area contributed by atoms with E-state index in [1.54, 1.807) is 0 Å². The van der Waals surface area contributed by atoms with Crippen LogP contribution in [-0.4, -0.2) is 69.6 Å². The molecule has 21 heavy (non-hydrogen) atoms. The summed E-state index contributed by atoms with van der Waals surface area (Å²) in [6.45, 7) is 5.57. The molecular formula is C16H26N4O. The van der Waals surface area contributed by atoms with Crippen molar-refractivity contribution in [1.29, 1.82) is 0 Å². The number of hydrogen-bond acceptors (Lipinski definition) is 4. The van der Waals surface area contributed by atoms with Crippen LogP contribution in [0.2, 0.25) is 0 Å². The molecule has 1 aliphatic carbocycles. The van der Waals surface area contributed by atoms with Gasteiger partial charge in [0.15, 0.2) is 0 Å². The normalized spacial score (nSPS) is 34.4. The predicted molar refractivity (Wildman–Crippen MR) is 81.2 cm³/mol. The minimum atomic E-state index is -0.292. The average Bonchev–Trinajstić information content (AvgIpc) is 3.19. The largest absolute Gasteiger partial charge is 0.391 e. The molecule has 1 aromatic rings. The van der Waals surface area contributed by atoms with E-state index in [1.807, 2.05) is 0 Å². The zero-order valence-electron chi connectivity index (χ0n) is 12.7. The maximum atomic E-state index is 10.6. The summed E-state index contributed by atoms with van der Waals surface area (Å²) in [5.41, 5.74) is 1.05. The van der Waals surface area contributed by atoms with Gasteiger partial charge in [-0.3, -0.25) is 14.5 Å². The highest BCUT2D eigenvalue weighted by Gasteiger charge is 2.36. The van der Waals surface area contributed by atoms with E-state index in [0.29, 0.717) is 18.5 Å². The molecule has 2 unspecified atom stereocenters. The zero-order valence-corrected chi connectivity index (χ0v) is 12.7. The minimum Gasteiger partial charge on any atom is -0.391 e. The number of aromatic nitrogens is 2. The molecule has 1 N–H and O–H groups in total. The Balaban J connectivity index is 1.39. The lowest BCUT2D eigenvalue weighted by Gasteiger charge is -2.49. The molecule has 2 atom stereocenters. The van der Waals surface area contributed by atoms with Gasteiger partial charge in [-0.1, -0.05) is 12.8 Å². The Bertz CT molecular complexity index is 474. The first kappa shape index (κ1) is 13.7. The molecule has 0 radical (unpaired) electrons. The molecule has 4 fully saturated rings. The van der Waals surface area contributed by atoms with E-state index in [9.17, 15) is 5.11 Å². The Morgan fingerprint density at radius 1 is 1.19 bits per heavy atom. The average molecular weight is 290 g/mol. The number of nitrogens with zero attached hydrogens (tertiary/aromatic N) is 4. The highest BCUT2D eigenvalue weighted by Crippen LogP contribution is 2.29. The Morgan fingerprint density at radius 2 is 1.95 bits per heavy atom. The van der Waals surface area contributed by atoms with Crippen molar-refractivity contribution in [3.63, 3.8) is 0 Å². The van der Waals surface area contributed by atoms with Crippen molar-refractivity contribution in [2.24, 2.45) is 0 Å². The van der Waals surface area contributed by atoms with Crippen LogP contribution < -0.4 is 0 Å². The molecule has 2 bridgehead atoms. The smallest absolute Gasteiger partial charge is 0.0763 e. The fraction of sp³-hybridized carbons (Fsp3) is 0.812. The van der Waals surface area contributed by atoms with E-state index < -0.39 is 0 Å². The highest BCUT2D eigenvalue weighted by molar-refractivity contribution is 5.04. The Kier molecular flexibility index (Phi) is 3.73. The number of hydrogen-bond donors (Lipinski definition) is 1. The van der Waals surface area contributed by atoms with Crippen molar-refractivity contribution in [3.8, 4) is 0 Å². The summed E-state index contributed by atoms with van der Waals surface area (Å²) in [5, 5.41) is 15.3. The molecular weight excluding hydrogens is 264 g/mol. The lowest BCUT2D eigenvalue weighted by molar-refractivity contribution is -0.0456. The van der Waals surface area contributed by atoms with Crippen LogP contribution in [0.3, 0.4) is 0 Å². The van der Waals surface area contributed by atoms with Crippen molar-refractivity contribution in [3.05, 3.63) is 18.0 Å². The Hall–Kier alpha value is -0.910. The van der Waals surface area contributed by atoms with Gasteiger partial charge in [0.1, 0.15) is 0 Å². The molecule has 4 heterocycles. The topological polar surface area (TPSA) is 44.5 Å². The van der Waals surface area contributed by atoms with Crippen LogP contribution in [0.1, 0.15) is 37.4 Å². The third kappa shape index (κ3) is 2.74. The third-order valence-electron chi connectivity index (χ3n) is 5.55. The summed E-state index contributed by atoms with van der Waals surface area (Å²) in [7, 11) is 0. The number of rotatable bonds is 4. The van der Waals surface area contributed by atoms with Gasteiger partial charge in [0.2, 0.25) is 0 Å². The molecule has 0 amide bonds. The Morgan fingerprint density at radius 3 is 2.62 bits per heavy atom. The van der Waals surface area contributed by atoms with E-state index >= 15 is 0 Å². The molecule has 116 valence electrons. The van der Waals surface area contributed by atoms with Gasteiger partial charge in [-0.25, -0.2) is 0 Å². The lowest BCUT2D eigenvalue weighted by atomic mass is 9.99. The van der Waals surface area contributed by atoms with E-state index in [2.05, 4.69) is 26.7 Å². The van der Waals surface area contributed by atoms with Crippen molar-refractivity contribution < 1.29 is 5.11 Å². The molecule has 0 spiro atoms. The van der Waals surface area contributed by atoms with Crippen molar-refractivity contribution in [1.82, 2.24) is 19.6 Å². The van der Waals surface area contributed by atoms with Crippen LogP contribution in [0.15, 0.2) is 12.3 Å². The molecule has 0 aromatic carbocycles. The maximum absolute atomic E-state index is 10.6. The van der Waals surface area contributed by atoms with E-state index in [0.717, 1.165) is 25.3 Å². The second-order valence-electron chi connectivity index (χ2n) is 6.90. The molecule has 3 aliphatic heterocycles. The predicted octanol–water partition coefficient (Wildman–Crippen LogP) is 0.901. The van der Waals surface area contributed by atoms with Gasteiger partial charge < -0.3 is 5.11 Å². The fourth-order valence-electron chi connectivity index (χ4n) is 4.23. The first-order valence-electron chi connectivity index (χ1n) is 8.48. The molecule has 1 aromatic heterocycles. The lowest BCUT2D eigenvalue weighted by Crippen LogP contribution is -2.64. The van der Waals surface area contributed by atoms with Gasteiger partial charge in [-0.05, 0) is 18.9 Å². The quantitative estimate of drug-likeness (QED) is 0.895. The SMILES string of the molecule is OC(Cc1ccn(C2CCCC2)n1)C1CN2CCN1CC2. The van der Waals surface area contributed by atoms with E-state index in [-0.39, 0.29) is 6.10 Å². The summed E-state index contributed by atoms with van der Waals surface area (Å²) in [5.74, 6) is 0. The number of piperazine rings is 3. The van der Waals surface area contributed by atoms with Gasteiger partial charge in [-0.2, -0.15) is 5.10 Å². The van der Waals surface area contributed by atoms with Crippen LogP contribution in [0.5, 0.6) is 0 Å². The van der Waals surface area contributed by atoms with Crippen molar-refractivity contribution in [2.75, 3.05) is 32.7 Å². The first-order valence-corrected chi connectivity index (χ1v) is 8.48. The summed E-state index contributed by atoms with van der Waals surface area (Å²) < 4.78 is 2.13. The maximum Gasteiger partial charge on any atom is 0.0763 e. The van der Waals surface area contributed by atoms with Crippen LogP contribution in [0.4, 0.5) is 0 Å². The number of fused-ring (bicyclic) bond motifs is 3. The van der Waals surface area contributed by atoms with Crippen molar-refractivity contribution >= 4 is 0 Å². The first-order chi connectivity index (χ1) is 10.3. The standard InChI is InChI=1S/C16H26N4O/c21-16(15-12-18-7-9-19(15)10-8-18)11-13-5-6-20(17-13)14-3-1-2-4-14/h5-6,14-16,21H,1-4,7-12H2. The molecule has 5 rings (SSSR count). The van der Waals surface area contributed by atoms with Gasteiger partial charge in [0.25, 0.3) is 0 Å². The van der Waals surface area contributed by atoms with Gasteiger partial charge in [0.05, 0.1) is 17.8 Å². The summed E-state index contributed by atoms with van der Waals surface area (Å²) >= 11 is 0. The Labute approximate surface area is 126 Å². The van der Waals surface area contributed by atoms with Crippen LogP contribution >= 0.6 is 0 Å². The summed E-state index contributed by atoms with van der Waals surface area (Å²) in [6.07, 6.45) is 7.68. The van der Waals surface area contributed by atoms with E-state index in [1.165, 1.54) is 38.8 Å². The summed E-state index contributed by atoms with van der Waals surface area (Å²) in [6, 6.07) is 2.98. The fourth-order valence-corrected chi connectivity index (χ4v) is 4.23. The van der Waals surface area contributed by atoms with E-state index in [4.69, 9.17) is 5.10 Å². The van der Waals surface area contributed by atoms with Crippen LogP contribution in [-0.2, 0) is 6.42 Å². The second kappa shape index (κ2) is 5.71. The molecule has 5 nitrogen and oxygen atoms in total. The number of aliphatic hydroxyl groups is 1. The van der Waals surface area contributed by atoms with Gasteiger partial charge >= 0.3 is 0 Å². The zero-order chi connectivity index (χ0) is 14.2.